The van der Waals surface area contributed by atoms with Gasteiger partial charge in [-0.2, -0.15) is 0 Å². The van der Waals surface area contributed by atoms with Crippen LogP contribution in [0.5, 0.6) is 0 Å². The number of anilines is 1. The summed E-state index contributed by atoms with van der Waals surface area (Å²) >= 11 is 6.18. The Morgan fingerprint density at radius 2 is 2.00 bits per heavy atom. The van der Waals surface area contributed by atoms with Gasteiger partial charge in [-0.25, -0.2) is 0 Å². The second-order valence-corrected chi connectivity index (χ2v) is 5.48. The zero-order chi connectivity index (χ0) is 13.7. The summed E-state index contributed by atoms with van der Waals surface area (Å²) in [7, 11) is 0. The van der Waals surface area contributed by atoms with Gasteiger partial charge in [-0.15, -0.1) is 0 Å². The number of halogens is 1. The van der Waals surface area contributed by atoms with Crippen molar-refractivity contribution in [3.05, 3.63) is 28.8 Å². The summed E-state index contributed by atoms with van der Waals surface area (Å²) in [6.07, 6.45) is 1.90. The molecule has 0 heterocycles. The van der Waals surface area contributed by atoms with Crippen LogP contribution in [-0.2, 0) is 4.79 Å². The summed E-state index contributed by atoms with van der Waals surface area (Å²) in [5, 5.41) is 3.50. The molecule has 0 fully saturated rings. The van der Waals surface area contributed by atoms with Crippen LogP contribution in [0.25, 0.3) is 0 Å². The summed E-state index contributed by atoms with van der Waals surface area (Å²) in [6, 6.07) is 5.82. The molecule has 1 N–H and O–H groups in total. The average molecular weight is 268 g/mol. The Bertz CT molecular complexity index is 415. The van der Waals surface area contributed by atoms with Crippen molar-refractivity contribution >= 4 is 23.2 Å². The Kier molecular flexibility index (Phi) is 5.67. The van der Waals surface area contributed by atoms with Crippen LogP contribution in [0.3, 0.4) is 0 Å². The molecular weight excluding hydrogens is 246 g/mol. The summed E-state index contributed by atoms with van der Waals surface area (Å²) in [4.78, 5) is 11.9. The normalized spacial score (nSPS) is 12.6. The molecule has 0 aliphatic rings. The molecule has 1 aromatic carbocycles. The molecule has 1 atom stereocenters. The van der Waals surface area contributed by atoms with E-state index in [0.29, 0.717) is 16.6 Å². The molecule has 0 bridgehead atoms. The molecular formula is C15H22ClNO. The first-order chi connectivity index (χ1) is 8.45. The molecule has 3 heteroatoms. The standard InChI is InChI=1S/C15H22ClNO/c1-5-6-11(4)15(18)17-14-8-7-12(10(2)3)9-13(14)16/h7-11H,5-6H2,1-4H3,(H,17,18). The Morgan fingerprint density at radius 3 is 2.50 bits per heavy atom. The molecule has 0 aromatic heterocycles. The van der Waals surface area contributed by atoms with Crippen molar-refractivity contribution in [1.82, 2.24) is 0 Å². The van der Waals surface area contributed by atoms with Gasteiger partial charge in [0.15, 0.2) is 0 Å². The third kappa shape index (κ3) is 4.02. The first kappa shape index (κ1) is 15.0. The molecule has 0 spiro atoms. The molecule has 1 rings (SSSR count). The van der Waals surface area contributed by atoms with Gasteiger partial charge in [0.05, 0.1) is 10.7 Å². The van der Waals surface area contributed by atoms with Crippen molar-refractivity contribution in [2.24, 2.45) is 5.92 Å². The van der Waals surface area contributed by atoms with Crippen molar-refractivity contribution in [2.75, 3.05) is 5.32 Å². The van der Waals surface area contributed by atoms with Gasteiger partial charge in [-0.05, 0) is 30.0 Å². The molecule has 100 valence electrons. The lowest BCUT2D eigenvalue weighted by Crippen LogP contribution is -2.20. The maximum atomic E-state index is 11.9. The largest absolute Gasteiger partial charge is 0.325 e. The summed E-state index contributed by atoms with van der Waals surface area (Å²) in [6.45, 7) is 8.25. The lowest BCUT2D eigenvalue weighted by Gasteiger charge is -2.14. The molecule has 0 saturated carbocycles. The average Bonchev–Trinajstić information content (AvgIpc) is 2.31. The van der Waals surface area contributed by atoms with E-state index in [1.54, 1.807) is 0 Å². The van der Waals surface area contributed by atoms with Crippen LogP contribution in [0.4, 0.5) is 5.69 Å². The number of carbonyl (C=O) groups is 1. The van der Waals surface area contributed by atoms with Gasteiger partial charge in [-0.1, -0.05) is 51.8 Å². The number of carbonyl (C=O) groups excluding carboxylic acids is 1. The molecule has 0 aliphatic carbocycles. The predicted molar refractivity (Wildman–Crippen MR) is 78.2 cm³/mol. The van der Waals surface area contributed by atoms with E-state index in [9.17, 15) is 4.79 Å². The fourth-order valence-corrected chi connectivity index (χ4v) is 2.05. The highest BCUT2D eigenvalue weighted by molar-refractivity contribution is 6.33. The molecule has 1 amide bonds. The molecule has 0 radical (unpaired) electrons. The third-order valence-electron chi connectivity index (χ3n) is 3.09. The number of hydrogen-bond donors (Lipinski definition) is 1. The molecule has 1 unspecified atom stereocenters. The van der Waals surface area contributed by atoms with Gasteiger partial charge >= 0.3 is 0 Å². The van der Waals surface area contributed by atoms with E-state index in [-0.39, 0.29) is 11.8 Å². The molecule has 0 saturated heterocycles. The summed E-state index contributed by atoms with van der Waals surface area (Å²) < 4.78 is 0. The van der Waals surface area contributed by atoms with E-state index >= 15 is 0 Å². The smallest absolute Gasteiger partial charge is 0.227 e. The second-order valence-electron chi connectivity index (χ2n) is 5.07. The highest BCUT2D eigenvalue weighted by Gasteiger charge is 2.13. The van der Waals surface area contributed by atoms with E-state index in [2.05, 4.69) is 26.1 Å². The Morgan fingerprint density at radius 1 is 1.33 bits per heavy atom. The van der Waals surface area contributed by atoms with E-state index in [0.717, 1.165) is 12.8 Å². The van der Waals surface area contributed by atoms with E-state index in [1.165, 1.54) is 5.56 Å². The van der Waals surface area contributed by atoms with Crippen LogP contribution < -0.4 is 5.32 Å². The van der Waals surface area contributed by atoms with Crippen LogP contribution in [0.15, 0.2) is 18.2 Å². The van der Waals surface area contributed by atoms with Gasteiger partial charge in [0.2, 0.25) is 5.91 Å². The summed E-state index contributed by atoms with van der Waals surface area (Å²) in [5.41, 5.74) is 1.88. The highest BCUT2D eigenvalue weighted by atomic mass is 35.5. The fraction of sp³-hybridized carbons (Fsp3) is 0.533. The monoisotopic (exact) mass is 267 g/mol. The zero-order valence-corrected chi connectivity index (χ0v) is 12.3. The van der Waals surface area contributed by atoms with Crippen molar-refractivity contribution in [1.29, 1.82) is 0 Å². The van der Waals surface area contributed by atoms with Crippen molar-refractivity contribution < 1.29 is 4.79 Å². The Hall–Kier alpha value is -1.02. The second kappa shape index (κ2) is 6.79. The highest BCUT2D eigenvalue weighted by Crippen LogP contribution is 2.27. The van der Waals surface area contributed by atoms with Crippen LogP contribution >= 0.6 is 11.6 Å². The van der Waals surface area contributed by atoms with Gasteiger partial charge in [0.1, 0.15) is 0 Å². The van der Waals surface area contributed by atoms with Crippen LogP contribution in [0, 0.1) is 5.92 Å². The number of rotatable bonds is 5. The third-order valence-corrected chi connectivity index (χ3v) is 3.40. The lowest BCUT2D eigenvalue weighted by atomic mass is 10.0. The van der Waals surface area contributed by atoms with Gasteiger partial charge < -0.3 is 5.32 Å². The first-order valence-electron chi connectivity index (χ1n) is 6.56. The maximum Gasteiger partial charge on any atom is 0.227 e. The van der Waals surface area contributed by atoms with E-state index < -0.39 is 0 Å². The first-order valence-corrected chi connectivity index (χ1v) is 6.93. The van der Waals surface area contributed by atoms with Gasteiger partial charge in [-0.3, -0.25) is 4.79 Å². The van der Waals surface area contributed by atoms with Crippen molar-refractivity contribution in [2.45, 2.75) is 46.5 Å². The number of amides is 1. The minimum absolute atomic E-state index is 0.0239. The number of benzene rings is 1. The number of hydrogen-bond acceptors (Lipinski definition) is 1. The molecule has 1 aromatic rings. The lowest BCUT2D eigenvalue weighted by molar-refractivity contribution is -0.119. The SMILES string of the molecule is CCCC(C)C(=O)Nc1ccc(C(C)C)cc1Cl. The van der Waals surface area contributed by atoms with Gasteiger partial charge in [0, 0.05) is 5.92 Å². The Balaban J connectivity index is 2.76. The minimum atomic E-state index is 0.0239. The van der Waals surface area contributed by atoms with Crippen LogP contribution in [-0.4, -0.2) is 5.91 Å². The minimum Gasteiger partial charge on any atom is -0.325 e. The van der Waals surface area contributed by atoms with Crippen LogP contribution in [0.2, 0.25) is 5.02 Å². The van der Waals surface area contributed by atoms with Crippen molar-refractivity contribution in [3.8, 4) is 0 Å². The van der Waals surface area contributed by atoms with E-state index in [1.807, 2.05) is 25.1 Å². The quantitative estimate of drug-likeness (QED) is 0.813. The maximum absolute atomic E-state index is 11.9. The fourth-order valence-electron chi connectivity index (χ4n) is 1.81. The van der Waals surface area contributed by atoms with Gasteiger partial charge in [0.25, 0.3) is 0 Å². The Labute approximate surface area is 115 Å². The van der Waals surface area contributed by atoms with Crippen LogP contribution in [0.1, 0.15) is 52.0 Å². The molecule has 0 aliphatic heterocycles. The molecule has 2 nitrogen and oxygen atoms in total. The summed E-state index contributed by atoms with van der Waals surface area (Å²) in [5.74, 6) is 0.498. The molecule has 18 heavy (non-hydrogen) atoms. The zero-order valence-electron chi connectivity index (χ0n) is 11.6. The van der Waals surface area contributed by atoms with Crippen molar-refractivity contribution in [3.63, 3.8) is 0 Å². The van der Waals surface area contributed by atoms with E-state index in [4.69, 9.17) is 11.6 Å². The topological polar surface area (TPSA) is 29.1 Å². The predicted octanol–water partition coefficient (Wildman–Crippen LogP) is 4.84. The number of nitrogens with one attached hydrogen (secondary N) is 1.